The normalized spacial score (nSPS) is 23.4. The second kappa shape index (κ2) is 7.86. The van der Waals surface area contributed by atoms with E-state index in [1.807, 2.05) is 52.4 Å². The molecule has 0 radical (unpaired) electrons. The fourth-order valence-electron chi connectivity index (χ4n) is 6.02. The maximum Gasteiger partial charge on any atom is 0.114 e. The van der Waals surface area contributed by atoms with Gasteiger partial charge >= 0.3 is 0 Å². The van der Waals surface area contributed by atoms with Crippen LogP contribution in [0.3, 0.4) is 0 Å². The first-order valence-electron chi connectivity index (χ1n) is 12.5. The van der Waals surface area contributed by atoms with Gasteiger partial charge in [-0.2, -0.15) is 0 Å². The molecule has 2 N–H and O–H groups in total. The number of nitrogens with one attached hydrogen (secondary N) is 2. The predicted octanol–water partition coefficient (Wildman–Crippen LogP) is 5.03. The maximum absolute atomic E-state index is 13.9. The van der Waals surface area contributed by atoms with Crippen LogP contribution in [0.4, 0.5) is 4.39 Å². The van der Waals surface area contributed by atoms with Crippen molar-refractivity contribution in [3.63, 3.8) is 0 Å². The summed E-state index contributed by atoms with van der Waals surface area (Å²) >= 11 is 0. The third kappa shape index (κ3) is 3.64. The number of aromatic nitrogens is 6. The molecule has 3 aliphatic rings. The van der Waals surface area contributed by atoms with Crippen LogP contribution in [0.5, 0.6) is 0 Å². The first-order valence-corrected chi connectivity index (χ1v) is 12.5. The zero-order valence-corrected chi connectivity index (χ0v) is 20.2. The minimum absolute atomic E-state index is 0.185. The number of pyridine rings is 1. The molecule has 4 aromatic heterocycles. The number of aromatic amines is 1. The molecule has 3 fully saturated rings. The van der Waals surface area contributed by atoms with Crippen molar-refractivity contribution < 1.29 is 4.39 Å². The van der Waals surface area contributed by atoms with Crippen LogP contribution in [0.1, 0.15) is 37.4 Å². The molecule has 1 unspecified atom stereocenters. The summed E-state index contributed by atoms with van der Waals surface area (Å²) in [4.78, 5) is 7.92. The summed E-state index contributed by atoms with van der Waals surface area (Å²) in [6.45, 7) is 3.58. The van der Waals surface area contributed by atoms with E-state index in [9.17, 15) is 4.39 Å². The van der Waals surface area contributed by atoms with Crippen molar-refractivity contribution >= 4 is 10.9 Å². The molecule has 8 heteroatoms. The van der Waals surface area contributed by atoms with E-state index >= 15 is 0 Å². The third-order valence-corrected chi connectivity index (χ3v) is 8.07. The molecular weight excluding hydrogens is 453 g/mol. The number of benzene rings is 1. The summed E-state index contributed by atoms with van der Waals surface area (Å²) in [5.41, 5.74) is 5.45. The first kappa shape index (κ1) is 21.5. The molecule has 3 saturated carbocycles. The molecule has 8 rings (SSSR count). The molecule has 1 aromatic carbocycles. The first-order chi connectivity index (χ1) is 17.5. The van der Waals surface area contributed by atoms with Crippen molar-refractivity contribution in [2.75, 3.05) is 0 Å². The summed E-state index contributed by atoms with van der Waals surface area (Å²) in [6.07, 6.45) is 11.8. The van der Waals surface area contributed by atoms with Crippen LogP contribution >= 0.6 is 0 Å². The predicted molar refractivity (Wildman–Crippen MR) is 136 cm³/mol. The Morgan fingerprint density at radius 2 is 1.94 bits per heavy atom. The topological polar surface area (TPSA) is 76.3 Å². The second-order valence-corrected chi connectivity index (χ2v) is 10.7. The standard InChI is InChI=1S/C28H28FN7/c1-19(27-16-28(29,17-27)18-27)31-12-23-9-21-5-4-20(8-25(21)32-23)14-36-15-26(33-34-36)22-10-24(13-30-11-22)35-6-2-3-7-35/h2-11,13,15,19,31-32H,12,14,16-18H2,1H3. The molecule has 36 heavy (non-hydrogen) atoms. The highest BCUT2D eigenvalue weighted by Gasteiger charge is 2.70. The Bertz CT molecular complexity index is 1530. The molecule has 5 aromatic rings. The van der Waals surface area contributed by atoms with Crippen molar-refractivity contribution in [2.24, 2.45) is 5.41 Å². The molecule has 0 aliphatic heterocycles. The molecular formula is C28H28FN7. The van der Waals surface area contributed by atoms with Gasteiger partial charge in [-0.05, 0) is 72.9 Å². The summed E-state index contributed by atoms with van der Waals surface area (Å²) in [6, 6.07) is 15.0. The fourth-order valence-corrected chi connectivity index (χ4v) is 6.02. The van der Waals surface area contributed by atoms with E-state index in [1.54, 1.807) is 0 Å². The van der Waals surface area contributed by atoms with E-state index in [2.05, 4.69) is 62.9 Å². The largest absolute Gasteiger partial charge is 0.357 e. The van der Waals surface area contributed by atoms with Gasteiger partial charge in [0.05, 0.1) is 24.6 Å². The van der Waals surface area contributed by atoms with Crippen molar-refractivity contribution in [3.05, 3.63) is 84.7 Å². The maximum atomic E-state index is 13.9. The number of hydrogen-bond donors (Lipinski definition) is 2. The van der Waals surface area contributed by atoms with E-state index in [0.717, 1.165) is 59.5 Å². The van der Waals surface area contributed by atoms with Gasteiger partial charge in [0.2, 0.25) is 0 Å². The van der Waals surface area contributed by atoms with Crippen molar-refractivity contribution in [1.29, 1.82) is 0 Å². The Balaban J connectivity index is 1.03. The van der Waals surface area contributed by atoms with Crippen LogP contribution in [-0.4, -0.2) is 41.2 Å². The minimum Gasteiger partial charge on any atom is -0.357 e. The number of rotatable bonds is 8. The Labute approximate surface area is 208 Å². The van der Waals surface area contributed by atoms with Gasteiger partial charge < -0.3 is 14.9 Å². The molecule has 182 valence electrons. The number of halogens is 1. The van der Waals surface area contributed by atoms with Gasteiger partial charge in [-0.1, -0.05) is 17.3 Å². The lowest BCUT2D eigenvalue weighted by atomic mass is 9.40. The van der Waals surface area contributed by atoms with Crippen LogP contribution in [0.2, 0.25) is 0 Å². The Kier molecular flexibility index (Phi) is 4.70. The summed E-state index contributed by atoms with van der Waals surface area (Å²) in [5.74, 6) is 0. The molecule has 1 atom stereocenters. The van der Waals surface area contributed by atoms with E-state index in [-0.39, 0.29) is 5.41 Å². The average molecular weight is 482 g/mol. The van der Waals surface area contributed by atoms with Gasteiger partial charge in [-0.3, -0.25) is 4.98 Å². The number of H-pyrrole nitrogens is 1. The third-order valence-electron chi connectivity index (χ3n) is 8.07. The van der Waals surface area contributed by atoms with Crippen LogP contribution in [-0.2, 0) is 13.1 Å². The monoisotopic (exact) mass is 481 g/mol. The zero-order valence-electron chi connectivity index (χ0n) is 20.2. The number of nitrogens with zero attached hydrogens (tertiary/aromatic N) is 5. The fraction of sp³-hybridized carbons (Fsp3) is 0.321. The van der Waals surface area contributed by atoms with E-state index in [0.29, 0.717) is 12.6 Å². The molecule has 3 aliphatic carbocycles. The SMILES string of the molecule is CC(NCc1cc2ccc(Cn3cc(-c4cncc(-n5cccc5)c4)nn3)cc2[nH]1)C12CC(F)(C1)C2. The van der Waals surface area contributed by atoms with Crippen LogP contribution in [0.25, 0.3) is 27.8 Å². The second-order valence-electron chi connectivity index (χ2n) is 10.7. The molecule has 2 bridgehead atoms. The van der Waals surface area contributed by atoms with Gasteiger partial charge in [0.15, 0.2) is 0 Å². The van der Waals surface area contributed by atoms with Crippen LogP contribution in [0, 0.1) is 5.41 Å². The lowest BCUT2D eigenvalue weighted by molar-refractivity contribution is -0.226. The summed E-state index contributed by atoms with van der Waals surface area (Å²) in [7, 11) is 0. The minimum atomic E-state index is -0.845. The lowest BCUT2D eigenvalue weighted by Gasteiger charge is -2.68. The molecule has 0 saturated heterocycles. The van der Waals surface area contributed by atoms with Crippen molar-refractivity contribution in [3.8, 4) is 16.9 Å². The zero-order chi connectivity index (χ0) is 24.3. The van der Waals surface area contributed by atoms with Gasteiger partial charge in [-0.25, -0.2) is 9.07 Å². The van der Waals surface area contributed by atoms with E-state index in [4.69, 9.17) is 0 Å². The van der Waals surface area contributed by atoms with Gasteiger partial charge in [0, 0.05) is 48.0 Å². The van der Waals surface area contributed by atoms with Crippen molar-refractivity contribution in [1.82, 2.24) is 34.8 Å². The van der Waals surface area contributed by atoms with E-state index < -0.39 is 5.67 Å². The average Bonchev–Trinajstić information content (AvgIpc) is 3.61. The summed E-state index contributed by atoms with van der Waals surface area (Å²) < 4.78 is 17.8. The van der Waals surface area contributed by atoms with Gasteiger partial charge in [0.25, 0.3) is 0 Å². The van der Waals surface area contributed by atoms with E-state index in [1.165, 1.54) is 5.39 Å². The van der Waals surface area contributed by atoms with Gasteiger partial charge in [-0.15, -0.1) is 5.10 Å². The highest BCUT2D eigenvalue weighted by Crippen LogP contribution is 2.70. The number of alkyl halides is 1. The molecule has 7 nitrogen and oxygen atoms in total. The highest BCUT2D eigenvalue weighted by atomic mass is 19.1. The number of fused-ring (bicyclic) bond motifs is 1. The van der Waals surface area contributed by atoms with Gasteiger partial charge in [0.1, 0.15) is 11.4 Å². The van der Waals surface area contributed by atoms with Crippen molar-refractivity contribution in [2.45, 2.75) is 51.0 Å². The Morgan fingerprint density at radius 1 is 1.11 bits per heavy atom. The number of hydrogen-bond acceptors (Lipinski definition) is 4. The smallest absolute Gasteiger partial charge is 0.114 e. The Morgan fingerprint density at radius 3 is 2.75 bits per heavy atom. The molecule has 4 heterocycles. The molecule has 0 spiro atoms. The lowest BCUT2D eigenvalue weighted by Crippen LogP contribution is -2.70. The summed E-state index contributed by atoms with van der Waals surface area (Å²) in [5, 5.41) is 13.5. The molecule has 0 amide bonds. The highest BCUT2D eigenvalue weighted by molar-refractivity contribution is 5.81. The van der Waals surface area contributed by atoms with Crippen LogP contribution in [0.15, 0.2) is 73.4 Å². The Hall–Kier alpha value is -3.78. The van der Waals surface area contributed by atoms with Crippen LogP contribution < -0.4 is 5.32 Å². The quantitative estimate of drug-likeness (QED) is 0.326.